The lowest BCUT2D eigenvalue weighted by Gasteiger charge is -2.15. The molecule has 0 bridgehead atoms. The topological polar surface area (TPSA) is 30.4 Å². The lowest BCUT2D eigenvalue weighted by atomic mass is 10.00. The van der Waals surface area contributed by atoms with Crippen molar-refractivity contribution in [2.45, 2.75) is 23.1 Å². The highest BCUT2D eigenvalue weighted by Gasteiger charge is 2.47. The van der Waals surface area contributed by atoms with Gasteiger partial charge in [0.1, 0.15) is 5.60 Å². The molecule has 1 aliphatic heterocycles. The van der Waals surface area contributed by atoms with Crippen LogP contribution in [-0.4, -0.2) is 16.2 Å². The van der Waals surface area contributed by atoms with Gasteiger partial charge in [-0.25, -0.2) is 4.98 Å². The van der Waals surface area contributed by atoms with Gasteiger partial charge in [0.25, 0.3) is 0 Å². The van der Waals surface area contributed by atoms with Crippen molar-refractivity contribution in [3.05, 3.63) is 108 Å². The fourth-order valence-corrected chi connectivity index (χ4v) is 4.49. The van der Waals surface area contributed by atoms with Gasteiger partial charge in [-0.05, 0) is 11.1 Å². The molecule has 1 atom stereocenters. The molecule has 1 aliphatic rings. The summed E-state index contributed by atoms with van der Waals surface area (Å²) in [5, 5.41) is 1.03. The van der Waals surface area contributed by atoms with E-state index in [0.29, 0.717) is 0 Å². The van der Waals surface area contributed by atoms with Gasteiger partial charge in [0, 0.05) is 17.5 Å². The minimum atomic E-state index is -0.238. The molecule has 0 saturated carbocycles. The third-order valence-electron chi connectivity index (χ3n) is 5.24. The molecule has 1 fully saturated rings. The molecule has 4 heteroatoms. The zero-order chi connectivity index (χ0) is 19.5. The van der Waals surface area contributed by atoms with Crippen molar-refractivity contribution in [3.8, 4) is 11.3 Å². The smallest absolute Gasteiger partial charge is 0.169 e. The summed E-state index contributed by atoms with van der Waals surface area (Å²) in [4.78, 5) is 4.97. The SMILES string of the molecule is c1ccc(CSc2nc(-c3ccccc3)cn2CC2(c3ccccc3)CO2)cc1. The second kappa shape index (κ2) is 7.90. The molecule has 1 saturated heterocycles. The van der Waals surface area contributed by atoms with Crippen LogP contribution in [0, 0.1) is 0 Å². The molecule has 3 aromatic carbocycles. The number of thioether (sulfide) groups is 1. The first-order valence-corrected chi connectivity index (χ1v) is 10.8. The highest BCUT2D eigenvalue weighted by molar-refractivity contribution is 7.98. The molecule has 1 unspecified atom stereocenters. The minimum Gasteiger partial charge on any atom is -0.363 e. The van der Waals surface area contributed by atoms with Gasteiger partial charge in [-0.1, -0.05) is 103 Å². The highest BCUT2D eigenvalue weighted by atomic mass is 32.2. The van der Waals surface area contributed by atoms with E-state index in [1.807, 2.05) is 12.1 Å². The summed E-state index contributed by atoms with van der Waals surface area (Å²) in [5.74, 6) is 0.894. The largest absolute Gasteiger partial charge is 0.363 e. The number of ether oxygens (including phenoxy) is 1. The Morgan fingerprint density at radius 3 is 2.14 bits per heavy atom. The zero-order valence-corrected chi connectivity index (χ0v) is 16.9. The van der Waals surface area contributed by atoms with E-state index in [0.717, 1.165) is 35.3 Å². The van der Waals surface area contributed by atoms with Gasteiger partial charge in [0.2, 0.25) is 0 Å². The van der Waals surface area contributed by atoms with E-state index < -0.39 is 0 Å². The van der Waals surface area contributed by atoms with Crippen molar-refractivity contribution in [1.29, 1.82) is 0 Å². The molecular weight excluding hydrogens is 376 g/mol. The van der Waals surface area contributed by atoms with Crippen LogP contribution in [0.15, 0.2) is 102 Å². The van der Waals surface area contributed by atoms with E-state index in [-0.39, 0.29) is 5.60 Å². The quantitative estimate of drug-likeness (QED) is 0.292. The van der Waals surface area contributed by atoms with Crippen LogP contribution in [-0.2, 0) is 22.6 Å². The summed E-state index contributed by atoms with van der Waals surface area (Å²) in [7, 11) is 0. The predicted octanol–water partition coefficient (Wildman–Crippen LogP) is 5.77. The fraction of sp³-hybridized carbons (Fsp3) is 0.160. The predicted molar refractivity (Wildman–Crippen MR) is 118 cm³/mol. The first-order valence-electron chi connectivity index (χ1n) is 9.81. The van der Waals surface area contributed by atoms with Crippen LogP contribution >= 0.6 is 11.8 Å². The molecule has 0 N–H and O–H groups in total. The molecule has 0 amide bonds. The van der Waals surface area contributed by atoms with Crippen LogP contribution in [0.4, 0.5) is 0 Å². The van der Waals surface area contributed by atoms with Crippen LogP contribution in [0.1, 0.15) is 11.1 Å². The van der Waals surface area contributed by atoms with Gasteiger partial charge in [-0.2, -0.15) is 0 Å². The molecule has 29 heavy (non-hydrogen) atoms. The van der Waals surface area contributed by atoms with Gasteiger partial charge in [0.15, 0.2) is 5.16 Å². The Kier molecular flexibility index (Phi) is 4.96. The molecule has 0 spiro atoms. The Bertz CT molecular complexity index is 1070. The van der Waals surface area contributed by atoms with Crippen LogP contribution in [0.25, 0.3) is 11.3 Å². The Balaban J connectivity index is 1.45. The summed E-state index contributed by atoms with van der Waals surface area (Å²) in [6.45, 7) is 1.52. The molecule has 1 aromatic heterocycles. The zero-order valence-electron chi connectivity index (χ0n) is 16.1. The Hall–Kier alpha value is -2.82. The number of rotatable bonds is 7. The van der Waals surface area contributed by atoms with Gasteiger partial charge in [-0.15, -0.1) is 0 Å². The maximum atomic E-state index is 5.96. The molecule has 0 radical (unpaired) electrons. The summed E-state index contributed by atoms with van der Waals surface area (Å²) in [5.41, 5.74) is 4.43. The summed E-state index contributed by atoms with van der Waals surface area (Å²) in [6.07, 6.45) is 2.16. The van der Waals surface area contributed by atoms with Crippen molar-refractivity contribution >= 4 is 11.8 Å². The van der Waals surface area contributed by atoms with E-state index >= 15 is 0 Å². The molecule has 2 heterocycles. The third-order valence-corrected chi connectivity index (χ3v) is 6.30. The van der Waals surface area contributed by atoms with Crippen LogP contribution < -0.4 is 0 Å². The number of aromatic nitrogens is 2. The van der Waals surface area contributed by atoms with Crippen molar-refractivity contribution < 1.29 is 4.74 Å². The maximum absolute atomic E-state index is 5.96. The second-order valence-electron chi connectivity index (χ2n) is 7.33. The van der Waals surface area contributed by atoms with E-state index in [1.165, 1.54) is 11.1 Å². The number of hydrogen-bond acceptors (Lipinski definition) is 3. The molecule has 0 aliphatic carbocycles. The van der Waals surface area contributed by atoms with Crippen molar-refractivity contribution in [1.82, 2.24) is 9.55 Å². The molecular formula is C25H22N2OS. The van der Waals surface area contributed by atoms with Crippen molar-refractivity contribution in [3.63, 3.8) is 0 Å². The second-order valence-corrected chi connectivity index (χ2v) is 8.27. The van der Waals surface area contributed by atoms with Gasteiger partial charge >= 0.3 is 0 Å². The maximum Gasteiger partial charge on any atom is 0.169 e. The van der Waals surface area contributed by atoms with Gasteiger partial charge < -0.3 is 9.30 Å². The van der Waals surface area contributed by atoms with Crippen LogP contribution in [0.2, 0.25) is 0 Å². The minimum absolute atomic E-state index is 0.238. The monoisotopic (exact) mass is 398 g/mol. The molecule has 3 nitrogen and oxygen atoms in total. The normalized spacial score (nSPS) is 17.9. The average Bonchev–Trinajstić information content (AvgIpc) is 3.47. The number of epoxide rings is 1. The number of imidazole rings is 1. The fourth-order valence-electron chi connectivity index (χ4n) is 3.55. The van der Waals surface area contributed by atoms with Crippen molar-refractivity contribution in [2.24, 2.45) is 0 Å². The molecule has 4 aromatic rings. The van der Waals surface area contributed by atoms with Gasteiger partial charge in [0.05, 0.1) is 18.8 Å². The Morgan fingerprint density at radius 1 is 0.862 bits per heavy atom. The first kappa shape index (κ1) is 18.2. The number of nitrogens with zero attached hydrogens (tertiary/aromatic N) is 2. The van der Waals surface area contributed by atoms with Gasteiger partial charge in [-0.3, -0.25) is 0 Å². The average molecular weight is 399 g/mol. The summed E-state index contributed by atoms with van der Waals surface area (Å²) >= 11 is 1.78. The lowest BCUT2D eigenvalue weighted by molar-refractivity contribution is 0.272. The Labute approximate surface area is 175 Å². The summed E-state index contributed by atoms with van der Waals surface area (Å²) in [6, 6.07) is 31.4. The van der Waals surface area contributed by atoms with E-state index in [4.69, 9.17) is 9.72 Å². The standard InChI is InChI=1S/C25H22N2OS/c1-4-10-20(11-5-1)17-29-24-26-23(21-12-6-2-7-13-21)16-27(24)18-25(19-28-25)22-14-8-3-9-15-22/h1-16H,17-19H2. The van der Waals surface area contributed by atoms with E-state index in [9.17, 15) is 0 Å². The lowest BCUT2D eigenvalue weighted by Crippen LogP contribution is -2.18. The molecule has 144 valence electrons. The highest BCUT2D eigenvalue weighted by Crippen LogP contribution is 2.41. The first-order chi connectivity index (χ1) is 14.3. The van der Waals surface area contributed by atoms with Crippen molar-refractivity contribution in [2.75, 3.05) is 6.61 Å². The third kappa shape index (κ3) is 4.00. The van der Waals surface area contributed by atoms with Crippen LogP contribution in [0.3, 0.4) is 0 Å². The van der Waals surface area contributed by atoms with E-state index in [1.54, 1.807) is 11.8 Å². The van der Waals surface area contributed by atoms with Crippen LogP contribution in [0.5, 0.6) is 0 Å². The Morgan fingerprint density at radius 2 is 1.48 bits per heavy atom. The van der Waals surface area contributed by atoms with E-state index in [2.05, 4.69) is 89.6 Å². The number of hydrogen-bond donors (Lipinski definition) is 0. The summed E-state index contributed by atoms with van der Waals surface area (Å²) < 4.78 is 8.22. The number of benzene rings is 3. The molecule has 5 rings (SSSR count).